The van der Waals surface area contributed by atoms with Gasteiger partial charge in [0.25, 0.3) is 5.56 Å². The van der Waals surface area contributed by atoms with Gasteiger partial charge in [0.05, 0.1) is 11.4 Å². The molecule has 0 aliphatic heterocycles. The van der Waals surface area contributed by atoms with E-state index in [-0.39, 0.29) is 17.1 Å². The highest BCUT2D eigenvalue weighted by molar-refractivity contribution is 6.24. The first kappa shape index (κ1) is 20.1. The second-order valence-corrected chi connectivity index (χ2v) is 6.81. The third-order valence-electron chi connectivity index (χ3n) is 4.78. The molecule has 29 heavy (non-hydrogen) atoms. The number of rotatable bonds is 5. The summed E-state index contributed by atoms with van der Waals surface area (Å²) in [7, 11) is 1.80. The Bertz CT molecular complexity index is 1160. The molecule has 0 saturated heterocycles. The summed E-state index contributed by atoms with van der Waals surface area (Å²) < 4.78 is 3.31. The van der Waals surface area contributed by atoms with E-state index < -0.39 is 0 Å². The molecule has 0 unspecified atom stereocenters. The Morgan fingerprint density at radius 2 is 1.66 bits per heavy atom. The molecule has 6 heteroatoms. The van der Waals surface area contributed by atoms with Crippen LogP contribution in [-0.2, 0) is 11.8 Å². The van der Waals surface area contributed by atoms with Crippen LogP contribution in [0.3, 0.4) is 0 Å². The second kappa shape index (κ2) is 8.14. The molecule has 6 nitrogen and oxygen atoms in total. The number of phenols is 1. The van der Waals surface area contributed by atoms with Gasteiger partial charge in [-0.1, -0.05) is 30.3 Å². The van der Waals surface area contributed by atoms with Crippen molar-refractivity contribution in [2.45, 2.75) is 20.8 Å². The molecule has 0 atom stereocenters. The van der Waals surface area contributed by atoms with Crippen LogP contribution in [0.1, 0.15) is 25.1 Å². The molecule has 1 aromatic heterocycles. The summed E-state index contributed by atoms with van der Waals surface area (Å²) in [6.07, 6.45) is 1.70. The number of aromatic hydroxyl groups is 1. The molecule has 2 aromatic carbocycles. The van der Waals surface area contributed by atoms with Crippen molar-refractivity contribution in [2.24, 2.45) is 12.0 Å². The van der Waals surface area contributed by atoms with Crippen LogP contribution in [-0.4, -0.2) is 26.0 Å². The van der Waals surface area contributed by atoms with Crippen LogP contribution in [0.15, 0.2) is 70.0 Å². The average Bonchev–Trinajstić information content (AvgIpc) is 2.91. The Morgan fingerprint density at radius 3 is 2.24 bits per heavy atom. The third-order valence-corrected chi connectivity index (χ3v) is 4.78. The Morgan fingerprint density at radius 1 is 1.03 bits per heavy atom. The number of aliphatic imine (C=N–C) groups is 1. The van der Waals surface area contributed by atoms with Crippen molar-refractivity contribution in [3.05, 3.63) is 81.8 Å². The van der Waals surface area contributed by atoms with Crippen LogP contribution in [0.4, 0.5) is 5.69 Å². The van der Waals surface area contributed by atoms with Crippen LogP contribution in [0.5, 0.6) is 5.75 Å². The Hall–Kier alpha value is -3.67. The number of carbonyl (C=O) groups excluding carboxylic acids is 1. The van der Waals surface area contributed by atoms with Crippen molar-refractivity contribution in [3.8, 4) is 11.4 Å². The van der Waals surface area contributed by atoms with Gasteiger partial charge in [0.1, 0.15) is 5.75 Å². The van der Waals surface area contributed by atoms with Crippen LogP contribution in [0.25, 0.3) is 11.8 Å². The lowest BCUT2D eigenvalue weighted by atomic mass is 10.0. The molecule has 0 spiro atoms. The molecule has 0 aliphatic carbocycles. The molecule has 0 fully saturated rings. The fraction of sp³-hybridized carbons (Fsp3) is 0.174. The minimum absolute atomic E-state index is 0.151. The van der Waals surface area contributed by atoms with Gasteiger partial charge < -0.3 is 5.11 Å². The van der Waals surface area contributed by atoms with E-state index in [9.17, 15) is 14.7 Å². The molecular formula is C23H23N3O3. The Labute approximate surface area is 169 Å². The van der Waals surface area contributed by atoms with Crippen LogP contribution in [0.2, 0.25) is 0 Å². The number of ketones is 1. The fourth-order valence-corrected chi connectivity index (χ4v) is 3.11. The highest BCUT2D eigenvalue weighted by Gasteiger charge is 2.17. The molecule has 0 saturated carbocycles. The molecule has 0 radical (unpaired) electrons. The molecule has 0 amide bonds. The molecule has 3 rings (SSSR count). The standard InChI is InChI=1S/C23H23N3O3/c1-15(21(17(3)27)14-18-10-12-20(28)13-11-18)24-22-16(2)25(4)26(23(22)29)19-8-6-5-7-9-19/h5-14,28H,1-4H3. The zero-order chi connectivity index (χ0) is 21.1. The number of allylic oxidation sites excluding steroid dienone is 1. The monoisotopic (exact) mass is 389 g/mol. The summed E-state index contributed by atoms with van der Waals surface area (Å²) in [6.45, 7) is 5.00. The first-order chi connectivity index (χ1) is 13.8. The topological polar surface area (TPSA) is 76.6 Å². The molecule has 1 N–H and O–H groups in total. The summed E-state index contributed by atoms with van der Waals surface area (Å²) in [5.41, 5.74) is 3.12. The Kier molecular flexibility index (Phi) is 5.64. The first-order valence-corrected chi connectivity index (χ1v) is 9.21. The lowest BCUT2D eigenvalue weighted by molar-refractivity contribution is -0.113. The van der Waals surface area contributed by atoms with Crippen LogP contribution >= 0.6 is 0 Å². The smallest absolute Gasteiger partial charge is 0.297 e. The number of phenolic OH excluding ortho intramolecular Hbond substituents is 1. The highest BCUT2D eigenvalue weighted by Crippen LogP contribution is 2.20. The minimum atomic E-state index is -0.247. The van der Waals surface area contributed by atoms with E-state index in [1.54, 1.807) is 53.7 Å². The number of nitrogens with zero attached hydrogens (tertiary/aromatic N) is 3. The summed E-state index contributed by atoms with van der Waals surface area (Å²) in [6, 6.07) is 15.9. The molecular weight excluding hydrogens is 366 g/mol. The van der Waals surface area contributed by atoms with Crippen molar-refractivity contribution in [1.82, 2.24) is 9.36 Å². The molecule has 148 valence electrons. The van der Waals surface area contributed by atoms with Crippen molar-refractivity contribution < 1.29 is 9.90 Å². The van der Waals surface area contributed by atoms with Crippen molar-refractivity contribution in [3.63, 3.8) is 0 Å². The van der Waals surface area contributed by atoms with Gasteiger partial charge >= 0.3 is 0 Å². The largest absolute Gasteiger partial charge is 0.508 e. The van der Waals surface area contributed by atoms with Gasteiger partial charge in [0.2, 0.25) is 0 Å². The molecule has 1 heterocycles. The van der Waals surface area contributed by atoms with Gasteiger partial charge in [-0.25, -0.2) is 9.67 Å². The maximum atomic E-state index is 13.0. The maximum Gasteiger partial charge on any atom is 0.297 e. The number of hydrogen-bond donors (Lipinski definition) is 1. The zero-order valence-electron chi connectivity index (χ0n) is 16.9. The van der Waals surface area contributed by atoms with Gasteiger partial charge in [-0.2, -0.15) is 0 Å². The van der Waals surface area contributed by atoms with Gasteiger partial charge in [0, 0.05) is 18.3 Å². The molecule has 3 aromatic rings. The Balaban J connectivity index is 2.10. The van der Waals surface area contributed by atoms with Crippen molar-refractivity contribution in [1.29, 1.82) is 0 Å². The van der Waals surface area contributed by atoms with E-state index in [0.29, 0.717) is 22.7 Å². The van der Waals surface area contributed by atoms with E-state index in [0.717, 1.165) is 11.3 Å². The average molecular weight is 389 g/mol. The number of hydrogen-bond acceptors (Lipinski definition) is 4. The van der Waals surface area contributed by atoms with Crippen LogP contribution in [0, 0.1) is 6.92 Å². The fourth-order valence-electron chi connectivity index (χ4n) is 3.11. The minimum Gasteiger partial charge on any atom is -0.508 e. The number of Topliss-reactive ketones (excluding diaryl/α,β-unsaturated/α-hetero) is 1. The summed E-state index contributed by atoms with van der Waals surface area (Å²) in [5.74, 6) is -0.00502. The molecule has 0 aliphatic rings. The maximum absolute atomic E-state index is 13.0. The predicted molar refractivity (Wildman–Crippen MR) is 115 cm³/mol. The number of carbonyl (C=O) groups is 1. The van der Waals surface area contributed by atoms with E-state index >= 15 is 0 Å². The number of aromatic nitrogens is 2. The SMILES string of the molecule is CC(=O)C(=Cc1ccc(O)cc1)C(C)=Nc1c(C)n(C)n(-c2ccccc2)c1=O. The van der Waals surface area contributed by atoms with E-state index in [2.05, 4.69) is 4.99 Å². The lowest BCUT2D eigenvalue weighted by Gasteiger charge is -2.07. The lowest BCUT2D eigenvalue weighted by Crippen LogP contribution is -2.19. The predicted octanol–water partition coefficient (Wildman–Crippen LogP) is 3.96. The number of para-hydroxylation sites is 1. The van der Waals surface area contributed by atoms with Crippen molar-refractivity contribution in [2.75, 3.05) is 0 Å². The van der Waals surface area contributed by atoms with Crippen LogP contribution < -0.4 is 5.56 Å². The van der Waals surface area contributed by atoms with Gasteiger partial charge in [0.15, 0.2) is 11.5 Å². The quantitative estimate of drug-likeness (QED) is 0.530. The van der Waals surface area contributed by atoms with Gasteiger partial charge in [-0.05, 0) is 56.7 Å². The van der Waals surface area contributed by atoms with E-state index in [1.165, 1.54) is 6.92 Å². The molecule has 0 bridgehead atoms. The summed E-state index contributed by atoms with van der Waals surface area (Å²) in [4.78, 5) is 29.8. The number of benzene rings is 2. The first-order valence-electron chi connectivity index (χ1n) is 9.21. The van der Waals surface area contributed by atoms with Crippen molar-refractivity contribution >= 4 is 23.3 Å². The second-order valence-electron chi connectivity index (χ2n) is 6.81. The van der Waals surface area contributed by atoms with E-state index in [1.807, 2.05) is 37.3 Å². The third kappa shape index (κ3) is 4.11. The normalized spacial score (nSPS) is 12.3. The van der Waals surface area contributed by atoms with Gasteiger partial charge in [-0.15, -0.1) is 0 Å². The highest BCUT2D eigenvalue weighted by atomic mass is 16.3. The summed E-state index contributed by atoms with van der Waals surface area (Å²) in [5, 5.41) is 9.44. The zero-order valence-corrected chi connectivity index (χ0v) is 16.9. The summed E-state index contributed by atoms with van der Waals surface area (Å²) >= 11 is 0. The van der Waals surface area contributed by atoms with Gasteiger partial charge in [-0.3, -0.25) is 14.3 Å². The van der Waals surface area contributed by atoms with E-state index in [4.69, 9.17) is 0 Å².